The number of urea groups is 1. The van der Waals surface area contributed by atoms with E-state index in [1.807, 2.05) is 24.3 Å². The van der Waals surface area contributed by atoms with Crippen molar-refractivity contribution in [3.63, 3.8) is 0 Å². The monoisotopic (exact) mass is 640 g/mol. The maximum atomic E-state index is 13.6. The van der Waals surface area contributed by atoms with E-state index in [2.05, 4.69) is 36.7 Å². The van der Waals surface area contributed by atoms with E-state index in [0.29, 0.717) is 46.6 Å². The van der Waals surface area contributed by atoms with Gasteiger partial charge in [-0.15, -0.1) is 0 Å². The molecule has 2 aliphatic rings. The van der Waals surface area contributed by atoms with Crippen molar-refractivity contribution in [1.82, 2.24) is 10.2 Å². The highest BCUT2D eigenvalue weighted by atomic mass is 35.5. The van der Waals surface area contributed by atoms with E-state index in [9.17, 15) is 9.59 Å². The van der Waals surface area contributed by atoms with E-state index >= 15 is 0 Å². The van der Waals surface area contributed by atoms with Crippen LogP contribution in [-0.2, 0) is 4.74 Å². The van der Waals surface area contributed by atoms with Crippen molar-refractivity contribution in [3.05, 3.63) is 76.3 Å². The Morgan fingerprint density at radius 1 is 0.841 bits per heavy atom. The third-order valence-electron chi connectivity index (χ3n) is 7.79. The highest BCUT2D eigenvalue weighted by molar-refractivity contribution is 6.39. The number of amides is 3. The minimum Gasteiger partial charge on any atom is -0.495 e. The standard InChI is InChI=1S/C32H38Cl2N6O4/c1-43-29-9-3-2-8-28(29)40-16-14-39(15-17-40)27-11-10-23(36-32(42)37-30-25(33)6-4-7-26(30)34)22-24(27)31(41)35-12-5-13-38-18-20-44-21-19-38/h2-4,6-11,22H,5,12-21H2,1H3,(H,35,41)(H2,36,37,42). The van der Waals surface area contributed by atoms with Crippen molar-refractivity contribution in [3.8, 4) is 5.75 Å². The topological polar surface area (TPSA) is 98.4 Å². The Morgan fingerprint density at radius 2 is 1.52 bits per heavy atom. The zero-order valence-electron chi connectivity index (χ0n) is 24.8. The van der Waals surface area contributed by atoms with Gasteiger partial charge in [-0.25, -0.2) is 4.79 Å². The van der Waals surface area contributed by atoms with Gasteiger partial charge in [-0.2, -0.15) is 0 Å². The number of anilines is 4. The highest BCUT2D eigenvalue weighted by Crippen LogP contribution is 2.32. The maximum Gasteiger partial charge on any atom is 0.323 e. The van der Waals surface area contributed by atoms with Gasteiger partial charge in [-0.05, 0) is 55.4 Å². The Hall–Kier alpha value is -3.70. The van der Waals surface area contributed by atoms with Gasteiger partial charge in [-0.1, -0.05) is 41.4 Å². The lowest BCUT2D eigenvalue weighted by atomic mass is 10.1. The van der Waals surface area contributed by atoms with Crippen LogP contribution in [0.1, 0.15) is 16.8 Å². The summed E-state index contributed by atoms with van der Waals surface area (Å²) >= 11 is 12.4. The number of morpholine rings is 1. The summed E-state index contributed by atoms with van der Waals surface area (Å²) in [5, 5.41) is 9.26. The minimum atomic E-state index is -0.518. The third-order valence-corrected chi connectivity index (χ3v) is 8.42. The third kappa shape index (κ3) is 8.06. The molecule has 0 atom stereocenters. The van der Waals surface area contributed by atoms with Crippen LogP contribution in [0.4, 0.5) is 27.5 Å². The number of piperazine rings is 1. The Labute approximate surface area is 268 Å². The summed E-state index contributed by atoms with van der Waals surface area (Å²) in [4.78, 5) is 33.3. The number of hydrogen-bond donors (Lipinski definition) is 3. The average Bonchev–Trinajstić information content (AvgIpc) is 3.05. The van der Waals surface area contributed by atoms with Crippen LogP contribution in [-0.4, -0.2) is 89.5 Å². The molecule has 0 aromatic heterocycles. The van der Waals surface area contributed by atoms with Gasteiger partial charge in [0.15, 0.2) is 0 Å². The largest absolute Gasteiger partial charge is 0.495 e. The molecule has 12 heteroatoms. The van der Waals surface area contributed by atoms with Gasteiger partial charge in [0.25, 0.3) is 5.91 Å². The number of benzene rings is 3. The number of carbonyl (C=O) groups excluding carboxylic acids is 2. The first-order valence-corrected chi connectivity index (χ1v) is 15.6. The van der Waals surface area contributed by atoms with E-state index in [4.69, 9.17) is 32.7 Å². The molecule has 0 spiro atoms. The number of hydrogen-bond acceptors (Lipinski definition) is 7. The van der Waals surface area contributed by atoms with Crippen LogP contribution in [0.5, 0.6) is 5.75 Å². The molecule has 2 heterocycles. The zero-order chi connectivity index (χ0) is 30.9. The second-order valence-electron chi connectivity index (χ2n) is 10.6. The Morgan fingerprint density at radius 3 is 2.23 bits per heavy atom. The molecule has 3 aromatic rings. The molecule has 0 saturated carbocycles. The summed E-state index contributed by atoms with van der Waals surface area (Å²) < 4.78 is 11.0. The van der Waals surface area contributed by atoms with Crippen molar-refractivity contribution in [1.29, 1.82) is 0 Å². The fraction of sp³-hybridized carbons (Fsp3) is 0.375. The number of para-hydroxylation sites is 3. The molecule has 3 amide bonds. The summed E-state index contributed by atoms with van der Waals surface area (Å²) in [5.41, 5.74) is 3.15. The molecule has 0 radical (unpaired) electrons. The Balaban J connectivity index is 1.29. The number of ether oxygens (including phenoxy) is 2. The predicted octanol–water partition coefficient (Wildman–Crippen LogP) is 5.42. The van der Waals surface area contributed by atoms with Gasteiger partial charge in [0, 0.05) is 57.2 Å². The Bertz CT molecular complexity index is 1420. The maximum absolute atomic E-state index is 13.6. The molecule has 2 saturated heterocycles. The van der Waals surface area contributed by atoms with Crippen LogP contribution in [0, 0.1) is 0 Å². The normalized spacial score (nSPS) is 15.5. The summed E-state index contributed by atoms with van der Waals surface area (Å²) in [6.45, 7) is 7.72. The van der Waals surface area contributed by atoms with Gasteiger partial charge >= 0.3 is 6.03 Å². The van der Waals surface area contributed by atoms with E-state index in [-0.39, 0.29) is 5.91 Å². The van der Waals surface area contributed by atoms with Crippen LogP contribution in [0.15, 0.2) is 60.7 Å². The lowest BCUT2D eigenvalue weighted by molar-refractivity contribution is 0.0374. The van der Waals surface area contributed by atoms with Crippen molar-refractivity contribution in [2.75, 3.05) is 93.1 Å². The van der Waals surface area contributed by atoms with Crippen molar-refractivity contribution in [2.24, 2.45) is 0 Å². The summed E-state index contributed by atoms with van der Waals surface area (Å²) in [6.07, 6.45) is 0.831. The van der Waals surface area contributed by atoms with Gasteiger partial charge in [0.2, 0.25) is 0 Å². The van der Waals surface area contributed by atoms with E-state index in [1.54, 1.807) is 37.4 Å². The molecular formula is C32H38Cl2N6O4. The SMILES string of the molecule is COc1ccccc1N1CCN(c2ccc(NC(=O)Nc3c(Cl)cccc3Cl)cc2C(=O)NCCCN2CCOCC2)CC1. The number of halogens is 2. The first kappa shape index (κ1) is 31.7. The fourth-order valence-electron chi connectivity index (χ4n) is 5.47. The summed E-state index contributed by atoms with van der Waals surface area (Å²) in [6, 6.07) is 17.9. The molecule has 2 aliphatic heterocycles. The van der Waals surface area contributed by atoms with Crippen LogP contribution in [0.3, 0.4) is 0 Å². The second-order valence-corrected chi connectivity index (χ2v) is 11.4. The smallest absolute Gasteiger partial charge is 0.323 e. The molecule has 3 N–H and O–H groups in total. The molecule has 234 valence electrons. The fourth-order valence-corrected chi connectivity index (χ4v) is 5.96. The quantitative estimate of drug-likeness (QED) is 0.254. The highest BCUT2D eigenvalue weighted by Gasteiger charge is 2.24. The lowest BCUT2D eigenvalue weighted by Gasteiger charge is -2.38. The number of rotatable bonds is 10. The molecular weight excluding hydrogens is 603 g/mol. The van der Waals surface area contributed by atoms with E-state index in [1.165, 1.54) is 0 Å². The molecule has 5 rings (SSSR count). The molecule has 3 aromatic carbocycles. The Kier molecular flexibility index (Phi) is 11.1. The molecule has 10 nitrogen and oxygen atoms in total. The number of methoxy groups -OCH3 is 1. The molecule has 0 bridgehead atoms. The average molecular weight is 642 g/mol. The van der Waals surface area contributed by atoms with Gasteiger partial charge in [-0.3, -0.25) is 9.69 Å². The number of nitrogens with one attached hydrogen (secondary N) is 3. The number of nitrogens with zero attached hydrogens (tertiary/aromatic N) is 3. The minimum absolute atomic E-state index is 0.188. The van der Waals surface area contributed by atoms with Gasteiger partial charge in [0.1, 0.15) is 5.75 Å². The number of carbonyl (C=O) groups is 2. The molecule has 0 unspecified atom stereocenters. The predicted molar refractivity (Wildman–Crippen MR) is 177 cm³/mol. The van der Waals surface area contributed by atoms with Crippen molar-refractivity contribution in [2.45, 2.75) is 6.42 Å². The first-order chi connectivity index (χ1) is 21.4. The van der Waals surface area contributed by atoms with Crippen molar-refractivity contribution >= 4 is 57.9 Å². The first-order valence-electron chi connectivity index (χ1n) is 14.8. The van der Waals surface area contributed by atoms with Crippen LogP contribution in [0.2, 0.25) is 10.0 Å². The summed E-state index contributed by atoms with van der Waals surface area (Å²) in [7, 11) is 1.68. The van der Waals surface area contributed by atoms with Gasteiger partial charge in [0.05, 0.1) is 47.3 Å². The van der Waals surface area contributed by atoms with Crippen LogP contribution >= 0.6 is 23.2 Å². The summed E-state index contributed by atoms with van der Waals surface area (Å²) in [5.74, 6) is 0.650. The molecule has 2 fully saturated rings. The molecule has 44 heavy (non-hydrogen) atoms. The van der Waals surface area contributed by atoms with Crippen LogP contribution < -0.4 is 30.5 Å². The van der Waals surface area contributed by atoms with E-state index in [0.717, 1.165) is 69.5 Å². The van der Waals surface area contributed by atoms with Crippen LogP contribution in [0.25, 0.3) is 0 Å². The second kappa shape index (κ2) is 15.3. The van der Waals surface area contributed by atoms with Gasteiger partial charge < -0.3 is 35.2 Å². The molecule has 0 aliphatic carbocycles. The van der Waals surface area contributed by atoms with E-state index < -0.39 is 6.03 Å². The van der Waals surface area contributed by atoms with Crippen molar-refractivity contribution < 1.29 is 19.1 Å². The zero-order valence-corrected chi connectivity index (χ0v) is 26.3. The lowest BCUT2D eigenvalue weighted by Crippen LogP contribution is -2.47.